The van der Waals surface area contributed by atoms with Crippen molar-refractivity contribution in [2.45, 2.75) is 6.54 Å². The van der Waals surface area contributed by atoms with Gasteiger partial charge in [0, 0.05) is 18.4 Å². The average Bonchev–Trinajstić information content (AvgIpc) is 2.48. The third kappa shape index (κ3) is 3.08. The fraction of sp³-hybridized carbons (Fsp3) is 0.143. The number of nitrogens with zero attached hydrogens (tertiary/aromatic N) is 1. The maximum absolute atomic E-state index is 12.1. The normalized spacial score (nSPS) is 10.0. The fourth-order valence-corrected chi connectivity index (χ4v) is 1.65. The molecular weight excluding hydrogens is 242 g/mol. The number of benzene rings is 1. The van der Waals surface area contributed by atoms with Crippen LogP contribution in [0.1, 0.15) is 15.9 Å². The van der Waals surface area contributed by atoms with Gasteiger partial charge in [-0.3, -0.25) is 4.79 Å². The highest BCUT2D eigenvalue weighted by atomic mass is 16.5. The quantitative estimate of drug-likeness (QED) is 0.875. The summed E-state index contributed by atoms with van der Waals surface area (Å²) in [6.45, 7) is 0.477. The molecule has 98 valence electrons. The van der Waals surface area contributed by atoms with E-state index in [1.54, 1.807) is 18.3 Å². The Bertz CT molecular complexity index is 567. The van der Waals surface area contributed by atoms with Gasteiger partial charge in [-0.05, 0) is 29.8 Å². The second-order valence-corrected chi connectivity index (χ2v) is 3.92. The van der Waals surface area contributed by atoms with Gasteiger partial charge in [-0.1, -0.05) is 12.1 Å². The maximum Gasteiger partial charge on any atom is 0.261 e. The van der Waals surface area contributed by atoms with Crippen molar-refractivity contribution >= 4 is 11.6 Å². The molecule has 2 aromatic rings. The van der Waals surface area contributed by atoms with Gasteiger partial charge in [0.2, 0.25) is 5.88 Å². The van der Waals surface area contributed by atoms with Crippen LogP contribution in [-0.4, -0.2) is 18.0 Å². The number of carbonyl (C=O) groups excluding carboxylic acids is 1. The van der Waals surface area contributed by atoms with E-state index in [2.05, 4.69) is 10.3 Å². The summed E-state index contributed by atoms with van der Waals surface area (Å²) in [5, 5.41) is 2.78. The minimum Gasteiger partial charge on any atom is -0.480 e. The number of nitrogens with two attached hydrogens (primary N) is 1. The largest absolute Gasteiger partial charge is 0.480 e. The maximum atomic E-state index is 12.1. The van der Waals surface area contributed by atoms with Gasteiger partial charge in [0.05, 0.1) is 7.11 Å². The van der Waals surface area contributed by atoms with Crippen molar-refractivity contribution in [2.75, 3.05) is 12.4 Å². The van der Waals surface area contributed by atoms with E-state index in [1.165, 1.54) is 7.11 Å². The minimum absolute atomic E-state index is 0.259. The first kappa shape index (κ1) is 13.0. The zero-order valence-corrected chi connectivity index (χ0v) is 10.6. The summed E-state index contributed by atoms with van der Waals surface area (Å²) in [5.74, 6) is 0.0454. The fourth-order valence-electron chi connectivity index (χ4n) is 1.65. The zero-order chi connectivity index (χ0) is 13.7. The molecule has 0 aliphatic heterocycles. The summed E-state index contributed by atoms with van der Waals surface area (Å²) in [5.41, 5.74) is 7.63. The lowest BCUT2D eigenvalue weighted by Crippen LogP contribution is -2.13. The van der Waals surface area contributed by atoms with E-state index in [0.717, 1.165) is 5.56 Å². The Morgan fingerprint density at radius 3 is 2.68 bits per heavy atom. The standard InChI is InChI=1S/C14H15N3O2/c1-19-14-12(3-2-8-16-14)13(18)17-11-6-4-10(9-15)5-7-11/h2-8H,9,15H2,1H3,(H,17,18). The number of rotatable bonds is 4. The monoisotopic (exact) mass is 257 g/mol. The van der Waals surface area contributed by atoms with Crippen LogP contribution in [0.2, 0.25) is 0 Å². The van der Waals surface area contributed by atoms with E-state index in [1.807, 2.05) is 24.3 Å². The van der Waals surface area contributed by atoms with Gasteiger partial charge in [-0.15, -0.1) is 0 Å². The molecule has 0 unspecified atom stereocenters. The summed E-state index contributed by atoms with van der Waals surface area (Å²) in [4.78, 5) is 16.1. The summed E-state index contributed by atoms with van der Waals surface area (Å²) in [6.07, 6.45) is 1.58. The Hall–Kier alpha value is -2.40. The third-order valence-corrected chi connectivity index (χ3v) is 2.66. The van der Waals surface area contributed by atoms with Gasteiger partial charge in [-0.2, -0.15) is 0 Å². The zero-order valence-electron chi connectivity index (χ0n) is 10.6. The third-order valence-electron chi connectivity index (χ3n) is 2.66. The first-order valence-electron chi connectivity index (χ1n) is 5.84. The van der Waals surface area contributed by atoms with Crippen LogP contribution < -0.4 is 15.8 Å². The molecular formula is C14H15N3O2. The topological polar surface area (TPSA) is 77.2 Å². The van der Waals surface area contributed by atoms with E-state index >= 15 is 0 Å². The first-order valence-corrected chi connectivity index (χ1v) is 5.84. The number of pyridine rings is 1. The smallest absolute Gasteiger partial charge is 0.261 e. The molecule has 0 bridgehead atoms. The molecule has 5 heteroatoms. The Labute approximate surface area is 111 Å². The van der Waals surface area contributed by atoms with Gasteiger partial charge in [-0.25, -0.2) is 4.98 Å². The summed E-state index contributed by atoms with van der Waals surface area (Å²) >= 11 is 0. The van der Waals surface area contributed by atoms with Crippen LogP contribution in [0.25, 0.3) is 0 Å². The molecule has 1 amide bonds. The molecule has 0 radical (unpaired) electrons. The minimum atomic E-state index is -0.259. The molecule has 0 fully saturated rings. The van der Waals surface area contributed by atoms with Crippen molar-refractivity contribution in [3.05, 3.63) is 53.7 Å². The Balaban J connectivity index is 2.16. The number of hydrogen-bond acceptors (Lipinski definition) is 4. The van der Waals surface area contributed by atoms with Crippen molar-refractivity contribution < 1.29 is 9.53 Å². The highest BCUT2D eigenvalue weighted by Crippen LogP contribution is 2.16. The van der Waals surface area contributed by atoms with Gasteiger partial charge in [0.25, 0.3) is 5.91 Å². The van der Waals surface area contributed by atoms with E-state index in [0.29, 0.717) is 23.7 Å². The lowest BCUT2D eigenvalue weighted by Gasteiger charge is -2.08. The molecule has 1 aromatic heterocycles. The molecule has 5 nitrogen and oxygen atoms in total. The van der Waals surface area contributed by atoms with Crippen molar-refractivity contribution in [1.29, 1.82) is 0 Å². The Morgan fingerprint density at radius 2 is 2.05 bits per heavy atom. The van der Waals surface area contributed by atoms with Crippen LogP contribution >= 0.6 is 0 Å². The van der Waals surface area contributed by atoms with Gasteiger partial charge in [0.15, 0.2) is 0 Å². The van der Waals surface area contributed by atoms with Crippen molar-refractivity contribution in [3.8, 4) is 5.88 Å². The Morgan fingerprint density at radius 1 is 1.32 bits per heavy atom. The first-order chi connectivity index (χ1) is 9.24. The summed E-state index contributed by atoms with van der Waals surface area (Å²) < 4.78 is 5.05. The predicted octanol–water partition coefficient (Wildman–Crippen LogP) is 1.80. The molecule has 3 N–H and O–H groups in total. The number of carbonyl (C=O) groups is 1. The van der Waals surface area contributed by atoms with Crippen molar-refractivity contribution in [2.24, 2.45) is 5.73 Å². The van der Waals surface area contributed by atoms with E-state index < -0.39 is 0 Å². The number of hydrogen-bond donors (Lipinski definition) is 2. The second kappa shape index (κ2) is 5.97. The molecule has 0 saturated heterocycles. The van der Waals surface area contributed by atoms with Crippen LogP contribution in [0.4, 0.5) is 5.69 Å². The van der Waals surface area contributed by atoms with E-state index in [-0.39, 0.29) is 5.91 Å². The number of methoxy groups -OCH3 is 1. The number of ether oxygens (including phenoxy) is 1. The van der Waals surface area contributed by atoms with Crippen LogP contribution in [-0.2, 0) is 6.54 Å². The number of anilines is 1. The highest BCUT2D eigenvalue weighted by molar-refractivity contribution is 6.05. The van der Waals surface area contributed by atoms with Crippen LogP contribution in [0.5, 0.6) is 5.88 Å². The van der Waals surface area contributed by atoms with E-state index in [4.69, 9.17) is 10.5 Å². The Kier molecular flexibility index (Phi) is 4.10. The van der Waals surface area contributed by atoms with Gasteiger partial charge >= 0.3 is 0 Å². The number of aromatic nitrogens is 1. The molecule has 0 spiro atoms. The highest BCUT2D eigenvalue weighted by Gasteiger charge is 2.12. The number of amides is 1. The van der Waals surface area contributed by atoms with Crippen molar-refractivity contribution in [3.63, 3.8) is 0 Å². The summed E-state index contributed by atoms with van der Waals surface area (Å²) in [7, 11) is 1.48. The van der Waals surface area contributed by atoms with E-state index in [9.17, 15) is 4.79 Å². The molecule has 1 heterocycles. The SMILES string of the molecule is COc1ncccc1C(=O)Nc1ccc(CN)cc1. The molecule has 0 aliphatic carbocycles. The molecule has 1 aromatic carbocycles. The molecule has 0 atom stereocenters. The van der Waals surface area contributed by atoms with Crippen LogP contribution in [0.3, 0.4) is 0 Å². The second-order valence-electron chi connectivity index (χ2n) is 3.92. The molecule has 0 aliphatic rings. The van der Waals surface area contributed by atoms with Crippen LogP contribution in [0, 0.1) is 0 Å². The lowest BCUT2D eigenvalue weighted by molar-refractivity contribution is 0.102. The average molecular weight is 257 g/mol. The molecule has 2 rings (SSSR count). The van der Waals surface area contributed by atoms with Gasteiger partial charge < -0.3 is 15.8 Å². The predicted molar refractivity (Wildman–Crippen MR) is 73.1 cm³/mol. The van der Waals surface area contributed by atoms with Crippen molar-refractivity contribution in [1.82, 2.24) is 4.98 Å². The number of nitrogens with one attached hydrogen (secondary N) is 1. The summed E-state index contributed by atoms with van der Waals surface area (Å²) in [6, 6.07) is 10.7. The lowest BCUT2D eigenvalue weighted by atomic mass is 10.2. The molecule has 19 heavy (non-hydrogen) atoms. The van der Waals surface area contributed by atoms with Crippen LogP contribution in [0.15, 0.2) is 42.6 Å². The van der Waals surface area contributed by atoms with Gasteiger partial charge in [0.1, 0.15) is 5.56 Å². The molecule has 0 saturated carbocycles.